The number of aliphatic hydroxyl groups excluding tert-OH is 3. The SMILES string of the molecule is Nc1nc2c(ncn2[C@@H]2O[C@H](CO)[C@H](O)C2OP(=O)(O)OC[C@H]2O[C@@H](c3cnn4c3N=CCC4=O)C(O)[C@H]2O[P+](=O)O)c(=O)[nH]1. The molecule has 0 amide bonds. The molecule has 242 valence electrons. The highest BCUT2D eigenvalue weighted by Crippen LogP contribution is 2.51. The Bertz CT molecular complexity index is 1780. The van der Waals surface area contributed by atoms with E-state index in [0.29, 0.717) is 0 Å². The Balaban J connectivity index is 1.22. The lowest BCUT2D eigenvalue weighted by molar-refractivity contribution is -0.0544. The van der Waals surface area contributed by atoms with E-state index in [0.717, 1.165) is 15.6 Å². The number of aliphatic hydroxyl groups is 3. The number of nitrogens with two attached hydrogens (primary N) is 1. The molecule has 2 saturated heterocycles. The molecule has 10 atom stereocenters. The number of carbonyl (C=O) groups is 1. The zero-order valence-corrected chi connectivity index (χ0v) is 24.3. The summed E-state index contributed by atoms with van der Waals surface area (Å²) in [4.78, 5) is 58.6. The number of nitrogens with one attached hydrogen (secondary N) is 1. The number of aliphatic imine (C=N–C) groups is 1. The van der Waals surface area contributed by atoms with Gasteiger partial charge >= 0.3 is 16.1 Å². The number of ether oxygens (including phenoxy) is 2. The Morgan fingerprint density at radius 1 is 1.20 bits per heavy atom. The number of phosphoric acid groups is 1. The number of rotatable bonds is 10. The Labute approximate surface area is 250 Å². The van der Waals surface area contributed by atoms with Crippen molar-refractivity contribution in [2.75, 3.05) is 18.9 Å². The van der Waals surface area contributed by atoms with Gasteiger partial charge in [-0.1, -0.05) is 0 Å². The predicted molar refractivity (Wildman–Crippen MR) is 144 cm³/mol. The Kier molecular flexibility index (Phi) is 8.50. The zero-order chi connectivity index (χ0) is 32.2. The average molecular weight is 675 g/mol. The van der Waals surface area contributed by atoms with E-state index in [2.05, 4.69) is 25.0 Å². The van der Waals surface area contributed by atoms with Crippen LogP contribution in [0.1, 0.15) is 29.1 Å². The van der Waals surface area contributed by atoms with Crippen LogP contribution >= 0.6 is 16.1 Å². The maximum Gasteiger partial charge on any atom is 0.695 e. The molecule has 45 heavy (non-hydrogen) atoms. The van der Waals surface area contributed by atoms with Crippen molar-refractivity contribution < 1.29 is 62.1 Å². The molecule has 0 radical (unpaired) electrons. The van der Waals surface area contributed by atoms with Crippen molar-refractivity contribution in [1.29, 1.82) is 0 Å². The fourth-order valence-electron chi connectivity index (χ4n) is 5.22. The van der Waals surface area contributed by atoms with E-state index in [-0.39, 0.29) is 34.9 Å². The number of hydrogen-bond donors (Lipinski definition) is 7. The van der Waals surface area contributed by atoms with Gasteiger partial charge < -0.3 is 35.4 Å². The first-order valence-electron chi connectivity index (χ1n) is 13.0. The summed E-state index contributed by atoms with van der Waals surface area (Å²) in [6.07, 6.45) is -8.61. The fraction of sp³-hybridized carbons (Fsp3) is 0.524. The van der Waals surface area contributed by atoms with Crippen molar-refractivity contribution in [1.82, 2.24) is 29.3 Å². The number of anilines is 1. The Morgan fingerprint density at radius 2 is 1.98 bits per heavy atom. The first-order chi connectivity index (χ1) is 21.4. The summed E-state index contributed by atoms with van der Waals surface area (Å²) >= 11 is 0. The van der Waals surface area contributed by atoms with E-state index in [4.69, 9.17) is 28.8 Å². The second-order valence-electron chi connectivity index (χ2n) is 9.99. The molecule has 0 aromatic carbocycles. The van der Waals surface area contributed by atoms with Crippen molar-refractivity contribution in [3.8, 4) is 0 Å². The monoisotopic (exact) mass is 675 g/mol. The number of carbonyl (C=O) groups excluding carboxylic acids is 1. The molecule has 22 nitrogen and oxygen atoms in total. The molecule has 0 saturated carbocycles. The first kappa shape index (κ1) is 31.6. The minimum atomic E-state index is -5.18. The number of fused-ring (bicyclic) bond motifs is 2. The van der Waals surface area contributed by atoms with Crippen LogP contribution in [0.3, 0.4) is 0 Å². The van der Waals surface area contributed by atoms with Crippen LogP contribution in [-0.4, -0.2) is 116 Å². The summed E-state index contributed by atoms with van der Waals surface area (Å²) in [5.41, 5.74) is 4.76. The number of aromatic amines is 1. The van der Waals surface area contributed by atoms with E-state index in [1.807, 2.05) is 0 Å². The number of imidazole rings is 1. The van der Waals surface area contributed by atoms with E-state index in [1.165, 1.54) is 12.4 Å². The van der Waals surface area contributed by atoms with Gasteiger partial charge in [-0.3, -0.25) is 28.2 Å². The highest BCUT2D eigenvalue weighted by molar-refractivity contribution is 7.47. The summed E-state index contributed by atoms with van der Waals surface area (Å²) in [5.74, 6) is -0.642. The lowest BCUT2D eigenvalue weighted by atomic mass is 10.0. The van der Waals surface area contributed by atoms with Gasteiger partial charge in [0, 0.05) is 16.3 Å². The van der Waals surface area contributed by atoms with Crippen molar-refractivity contribution in [2.24, 2.45) is 4.99 Å². The van der Waals surface area contributed by atoms with Gasteiger partial charge in [-0.25, -0.2) is 14.5 Å². The number of aromatic nitrogens is 6. The van der Waals surface area contributed by atoms with Crippen LogP contribution in [0.2, 0.25) is 0 Å². The number of H-pyrrole nitrogens is 1. The molecule has 0 spiro atoms. The molecule has 6 rings (SSSR count). The summed E-state index contributed by atoms with van der Waals surface area (Å²) in [6.45, 7) is -1.60. The van der Waals surface area contributed by atoms with Crippen molar-refractivity contribution in [3.63, 3.8) is 0 Å². The highest BCUT2D eigenvalue weighted by Gasteiger charge is 2.53. The molecule has 3 aliphatic rings. The molecular weight excluding hydrogens is 650 g/mol. The summed E-state index contributed by atoms with van der Waals surface area (Å²) in [7, 11) is -8.48. The number of nitrogen functional groups attached to an aromatic ring is 1. The third-order valence-electron chi connectivity index (χ3n) is 7.21. The third kappa shape index (κ3) is 5.87. The predicted octanol–water partition coefficient (Wildman–Crippen LogP) is -2.07. The first-order valence-corrected chi connectivity index (χ1v) is 15.6. The van der Waals surface area contributed by atoms with E-state index < -0.39 is 89.7 Å². The van der Waals surface area contributed by atoms with Gasteiger partial charge in [-0.2, -0.15) is 14.8 Å². The fourth-order valence-corrected chi connectivity index (χ4v) is 6.62. The molecule has 3 aromatic heterocycles. The summed E-state index contributed by atoms with van der Waals surface area (Å²) in [6, 6.07) is 0. The summed E-state index contributed by atoms with van der Waals surface area (Å²) in [5, 5.41) is 35.3. The quantitative estimate of drug-likeness (QED) is 0.114. The third-order valence-corrected chi connectivity index (χ3v) is 8.62. The highest BCUT2D eigenvalue weighted by atomic mass is 31.2. The smallest absolute Gasteiger partial charge is 0.394 e. The lowest BCUT2D eigenvalue weighted by Crippen LogP contribution is -2.36. The van der Waals surface area contributed by atoms with Crippen molar-refractivity contribution >= 4 is 51.1 Å². The molecule has 6 heterocycles. The van der Waals surface area contributed by atoms with E-state index in [1.54, 1.807) is 0 Å². The maximum absolute atomic E-state index is 13.1. The van der Waals surface area contributed by atoms with Gasteiger partial charge in [0.25, 0.3) is 11.5 Å². The lowest BCUT2D eigenvalue weighted by Gasteiger charge is -2.24. The van der Waals surface area contributed by atoms with Crippen molar-refractivity contribution in [2.45, 2.75) is 55.4 Å². The van der Waals surface area contributed by atoms with Crippen LogP contribution in [-0.2, 0) is 32.2 Å². The van der Waals surface area contributed by atoms with Crippen LogP contribution < -0.4 is 11.3 Å². The normalized spacial score (nSPS) is 31.4. The molecule has 3 aliphatic heterocycles. The molecule has 8 N–H and O–H groups in total. The van der Waals surface area contributed by atoms with Crippen LogP contribution in [0.5, 0.6) is 0 Å². The van der Waals surface area contributed by atoms with Crippen LogP contribution in [0.25, 0.3) is 11.2 Å². The minimum absolute atomic E-state index is 0.0122. The molecule has 3 aromatic rings. The summed E-state index contributed by atoms with van der Waals surface area (Å²) < 4.78 is 53.4. The van der Waals surface area contributed by atoms with Crippen LogP contribution in [0.15, 0.2) is 22.3 Å². The van der Waals surface area contributed by atoms with Gasteiger partial charge in [0.2, 0.25) is 5.95 Å². The van der Waals surface area contributed by atoms with Gasteiger partial charge in [0.05, 0.1) is 32.2 Å². The van der Waals surface area contributed by atoms with Crippen LogP contribution in [0.4, 0.5) is 11.8 Å². The standard InChI is InChI=1S/C21H24N8O14P2/c22-21-26-18-11(19(34)27-21)24-6-28(18)20-16(12(32)8(4-30)41-20)43-45(37,38)39-5-9-15(42-44(35)36)13(33)14(40-9)7-3-25-29-10(31)1-2-23-17(7)29/h2-3,6,8-9,12-16,20,30,32-33H,1,4-5H2,(H4-,22,26,27,34,35,36,37,38)/p+1/t8-,9-,12+,13?,14+,15+,16?,20-/m1/s1. The average Bonchev–Trinajstić information content (AvgIpc) is 3.73. The van der Waals surface area contributed by atoms with Gasteiger partial charge in [-0.15, -0.1) is 9.42 Å². The topological polar surface area (TPSA) is 318 Å². The van der Waals surface area contributed by atoms with Crippen molar-refractivity contribution in [3.05, 3.63) is 28.4 Å². The number of hydrogen-bond acceptors (Lipinski definition) is 17. The molecule has 4 unspecified atom stereocenters. The second-order valence-corrected chi connectivity index (χ2v) is 12.1. The molecule has 0 aliphatic carbocycles. The minimum Gasteiger partial charge on any atom is -0.394 e. The molecule has 0 bridgehead atoms. The Morgan fingerprint density at radius 3 is 2.71 bits per heavy atom. The van der Waals surface area contributed by atoms with Gasteiger partial charge in [0.15, 0.2) is 29.3 Å². The number of nitrogens with zero attached hydrogens (tertiary/aromatic N) is 6. The molecular formula is C21H25N8O14P2+. The maximum atomic E-state index is 13.1. The Hall–Kier alpha value is -3.37. The van der Waals surface area contributed by atoms with E-state index in [9.17, 15) is 43.8 Å². The van der Waals surface area contributed by atoms with Gasteiger partial charge in [0.1, 0.15) is 36.6 Å². The van der Waals surface area contributed by atoms with E-state index >= 15 is 0 Å². The molecule has 2 fully saturated rings. The molecule has 24 heteroatoms. The second kappa shape index (κ2) is 12.1. The van der Waals surface area contributed by atoms with Crippen LogP contribution in [0, 0.1) is 0 Å². The van der Waals surface area contributed by atoms with Gasteiger partial charge in [-0.05, 0) is 0 Å². The number of phosphoric ester groups is 1. The largest absolute Gasteiger partial charge is 0.695 e. The zero-order valence-electron chi connectivity index (χ0n) is 22.5.